The predicted molar refractivity (Wildman–Crippen MR) is 137 cm³/mol. The maximum absolute atomic E-state index is 2.80. The quantitative estimate of drug-likeness (QED) is 0.435. The van der Waals surface area contributed by atoms with Crippen molar-refractivity contribution in [1.82, 2.24) is 9.80 Å². The number of hydrogen-bond acceptors (Lipinski definition) is 2. The van der Waals surface area contributed by atoms with Gasteiger partial charge in [0.05, 0.1) is 0 Å². The first-order valence-corrected chi connectivity index (χ1v) is 14.7. The standard InChI is InChI=1S/C29H56N2/c1-30-24-16-12-8-4-3-6-10-14-18-28(30)26-20-22-27(23-21-26)29-19-15-11-7-5-9-13-17-25-31(29)2/h26-29H,3-25H2,1-2H3. The fourth-order valence-corrected chi connectivity index (χ4v) is 7.25. The van der Waals surface area contributed by atoms with Crippen LogP contribution >= 0.6 is 0 Å². The largest absolute Gasteiger partial charge is 0.303 e. The lowest BCUT2D eigenvalue weighted by atomic mass is 9.73. The van der Waals surface area contributed by atoms with Crippen LogP contribution in [0.15, 0.2) is 0 Å². The summed E-state index contributed by atoms with van der Waals surface area (Å²) < 4.78 is 0. The summed E-state index contributed by atoms with van der Waals surface area (Å²) in [6.45, 7) is 2.69. The fourth-order valence-electron chi connectivity index (χ4n) is 7.25. The lowest BCUT2D eigenvalue weighted by Gasteiger charge is -2.43. The monoisotopic (exact) mass is 432 g/mol. The van der Waals surface area contributed by atoms with E-state index in [4.69, 9.17) is 0 Å². The molecular formula is C29H56N2. The van der Waals surface area contributed by atoms with E-state index < -0.39 is 0 Å². The van der Waals surface area contributed by atoms with Crippen molar-refractivity contribution in [3.05, 3.63) is 0 Å². The highest BCUT2D eigenvalue weighted by Gasteiger charge is 2.33. The fraction of sp³-hybridized carbons (Fsp3) is 1.00. The van der Waals surface area contributed by atoms with Crippen LogP contribution in [-0.2, 0) is 0 Å². The van der Waals surface area contributed by atoms with E-state index in [9.17, 15) is 0 Å². The summed E-state index contributed by atoms with van der Waals surface area (Å²) in [6.07, 6.45) is 31.0. The number of rotatable bonds is 2. The molecule has 2 nitrogen and oxygen atoms in total. The molecule has 1 saturated carbocycles. The topological polar surface area (TPSA) is 6.48 Å². The van der Waals surface area contributed by atoms with E-state index in [2.05, 4.69) is 23.9 Å². The second-order valence-electron chi connectivity index (χ2n) is 11.7. The van der Waals surface area contributed by atoms with E-state index in [1.54, 1.807) is 0 Å². The van der Waals surface area contributed by atoms with Crippen molar-refractivity contribution >= 4 is 0 Å². The molecule has 0 aromatic heterocycles. The molecule has 2 heterocycles. The first-order valence-electron chi connectivity index (χ1n) is 14.7. The van der Waals surface area contributed by atoms with E-state index in [0.717, 1.165) is 23.9 Å². The van der Waals surface area contributed by atoms with Gasteiger partial charge in [-0.3, -0.25) is 0 Å². The van der Waals surface area contributed by atoms with Gasteiger partial charge in [0.25, 0.3) is 0 Å². The molecule has 2 heteroatoms. The van der Waals surface area contributed by atoms with Crippen LogP contribution in [-0.4, -0.2) is 49.1 Å². The van der Waals surface area contributed by atoms with Crippen LogP contribution in [0.25, 0.3) is 0 Å². The molecule has 2 aliphatic heterocycles. The SMILES string of the molecule is CN1CCCCCCCCCCC1C1CCC(C2CCCCCCCCCN2C)CC1. The number of hydrogen-bond donors (Lipinski definition) is 0. The van der Waals surface area contributed by atoms with Crippen LogP contribution in [0.4, 0.5) is 0 Å². The molecule has 2 unspecified atom stereocenters. The van der Waals surface area contributed by atoms with Gasteiger partial charge in [-0.1, -0.05) is 83.5 Å². The minimum Gasteiger partial charge on any atom is -0.303 e. The van der Waals surface area contributed by atoms with Gasteiger partial charge in [-0.25, -0.2) is 0 Å². The third-order valence-corrected chi connectivity index (χ3v) is 9.31. The van der Waals surface area contributed by atoms with Gasteiger partial charge in [-0.15, -0.1) is 0 Å². The Morgan fingerprint density at radius 3 is 1.00 bits per heavy atom. The second-order valence-corrected chi connectivity index (χ2v) is 11.7. The summed E-state index contributed by atoms with van der Waals surface area (Å²) in [5.74, 6) is 1.94. The lowest BCUT2D eigenvalue weighted by Crippen LogP contribution is -2.44. The van der Waals surface area contributed by atoms with Crippen molar-refractivity contribution in [2.75, 3.05) is 27.2 Å². The Hall–Kier alpha value is -0.0800. The highest BCUT2D eigenvalue weighted by molar-refractivity contribution is 4.88. The second kappa shape index (κ2) is 14.9. The average Bonchev–Trinajstić information content (AvgIpc) is 2.82. The molecule has 0 bridgehead atoms. The summed E-state index contributed by atoms with van der Waals surface area (Å²) >= 11 is 0. The zero-order valence-corrected chi connectivity index (χ0v) is 21.5. The Morgan fingerprint density at radius 1 is 0.355 bits per heavy atom. The predicted octanol–water partition coefficient (Wildman–Crippen LogP) is 8.05. The highest BCUT2D eigenvalue weighted by atomic mass is 15.1. The first kappa shape index (κ1) is 25.5. The molecule has 182 valence electrons. The van der Waals surface area contributed by atoms with Crippen LogP contribution in [0.2, 0.25) is 0 Å². The molecule has 2 saturated heterocycles. The van der Waals surface area contributed by atoms with Gasteiger partial charge in [0.2, 0.25) is 0 Å². The minimum atomic E-state index is 0.866. The summed E-state index contributed by atoms with van der Waals surface area (Å²) in [5.41, 5.74) is 0. The number of nitrogens with zero attached hydrogens (tertiary/aromatic N) is 2. The maximum atomic E-state index is 2.80. The third kappa shape index (κ3) is 9.00. The average molecular weight is 433 g/mol. The van der Waals surface area contributed by atoms with Crippen molar-refractivity contribution in [3.8, 4) is 0 Å². The summed E-state index contributed by atoms with van der Waals surface area (Å²) in [4.78, 5) is 5.59. The van der Waals surface area contributed by atoms with Crippen molar-refractivity contribution < 1.29 is 0 Å². The Kier molecular flexibility index (Phi) is 12.3. The highest BCUT2D eigenvalue weighted by Crippen LogP contribution is 2.38. The summed E-state index contributed by atoms with van der Waals surface area (Å²) in [5, 5.41) is 0. The first-order chi connectivity index (χ1) is 15.3. The van der Waals surface area contributed by atoms with Gasteiger partial charge in [-0.05, 0) is 90.4 Å². The summed E-state index contributed by atoms with van der Waals surface area (Å²) in [6, 6.07) is 1.73. The Bertz CT molecular complexity index is 442. The van der Waals surface area contributed by atoms with Gasteiger partial charge < -0.3 is 9.80 Å². The minimum absolute atomic E-state index is 0.866. The van der Waals surface area contributed by atoms with Crippen molar-refractivity contribution in [2.24, 2.45) is 11.8 Å². The molecule has 1 aliphatic carbocycles. The van der Waals surface area contributed by atoms with Crippen molar-refractivity contribution in [2.45, 2.75) is 147 Å². The van der Waals surface area contributed by atoms with Gasteiger partial charge in [0.1, 0.15) is 0 Å². The molecule has 0 N–H and O–H groups in total. The van der Waals surface area contributed by atoms with Crippen LogP contribution in [0.5, 0.6) is 0 Å². The molecule has 0 aromatic carbocycles. The van der Waals surface area contributed by atoms with E-state index in [1.807, 2.05) is 0 Å². The molecule has 31 heavy (non-hydrogen) atoms. The Balaban J connectivity index is 1.52. The third-order valence-electron chi connectivity index (χ3n) is 9.31. The van der Waals surface area contributed by atoms with E-state index in [0.29, 0.717) is 0 Å². The normalized spacial score (nSPS) is 35.4. The van der Waals surface area contributed by atoms with Crippen molar-refractivity contribution in [1.29, 1.82) is 0 Å². The zero-order valence-electron chi connectivity index (χ0n) is 21.5. The Morgan fingerprint density at radius 2 is 0.645 bits per heavy atom. The van der Waals surface area contributed by atoms with Gasteiger partial charge in [0.15, 0.2) is 0 Å². The molecular weight excluding hydrogens is 376 g/mol. The maximum Gasteiger partial charge on any atom is 0.0120 e. The van der Waals surface area contributed by atoms with Crippen LogP contribution in [0.1, 0.15) is 135 Å². The molecule has 3 fully saturated rings. The van der Waals surface area contributed by atoms with E-state index >= 15 is 0 Å². The van der Waals surface area contributed by atoms with Crippen LogP contribution in [0, 0.1) is 11.8 Å². The smallest absolute Gasteiger partial charge is 0.0120 e. The lowest BCUT2D eigenvalue weighted by molar-refractivity contribution is 0.0777. The molecule has 2 atom stereocenters. The van der Waals surface area contributed by atoms with Crippen LogP contribution in [0.3, 0.4) is 0 Å². The molecule has 0 aromatic rings. The molecule has 3 rings (SSSR count). The van der Waals surface area contributed by atoms with E-state index in [1.165, 1.54) is 148 Å². The molecule has 0 amide bonds. The van der Waals surface area contributed by atoms with E-state index in [-0.39, 0.29) is 0 Å². The molecule has 3 aliphatic rings. The summed E-state index contributed by atoms with van der Waals surface area (Å²) in [7, 11) is 4.91. The zero-order chi connectivity index (χ0) is 21.7. The van der Waals surface area contributed by atoms with Gasteiger partial charge >= 0.3 is 0 Å². The molecule has 0 radical (unpaired) electrons. The van der Waals surface area contributed by atoms with Crippen LogP contribution < -0.4 is 0 Å². The Labute approximate surface area is 195 Å². The molecule has 0 spiro atoms. The van der Waals surface area contributed by atoms with Gasteiger partial charge in [0, 0.05) is 12.1 Å². The van der Waals surface area contributed by atoms with Crippen molar-refractivity contribution in [3.63, 3.8) is 0 Å². The van der Waals surface area contributed by atoms with Gasteiger partial charge in [-0.2, -0.15) is 0 Å².